The number of hydrogen-bond donors (Lipinski definition) is 0. The van der Waals surface area contributed by atoms with Crippen LogP contribution < -0.4 is 0 Å². The molecule has 0 N–H and O–H groups in total. The fourth-order valence-electron chi connectivity index (χ4n) is 2.24. The second kappa shape index (κ2) is 6.56. The lowest BCUT2D eigenvalue weighted by Gasteiger charge is -2.35. The molecule has 0 saturated carbocycles. The molecule has 2 heterocycles. The molecular weight excluding hydrogens is 274 g/mol. The third kappa shape index (κ3) is 4.09. The fraction of sp³-hybridized carbons (Fsp3) is 1.00. The van der Waals surface area contributed by atoms with E-state index in [1.807, 2.05) is 4.90 Å². The molecule has 7 heteroatoms. The molecule has 1 unspecified atom stereocenters. The first-order valence-corrected chi connectivity index (χ1v) is 9.42. The van der Waals surface area contributed by atoms with Crippen LogP contribution >= 0.6 is 11.8 Å². The highest BCUT2D eigenvalue weighted by Crippen LogP contribution is 2.21. The van der Waals surface area contributed by atoms with Crippen LogP contribution in [0.5, 0.6) is 0 Å². The third-order valence-electron chi connectivity index (χ3n) is 3.23. The molecule has 2 rings (SSSR count). The lowest BCUT2D eigenvalue weighted by molar-refractivity contribution is -0.182. The van der Waals surface area contributed by atoms with Crippen LogP contribution in [-0.2, 0) is 19.3 Å². The molecule has 2 aliphatic heterocycles. The van der Waals surface area contributed by atoms with E-state index in [0.717, 1.165) is 44.9 Å². The van der Waals surface area contributed by atoms with Crippen molar-refractivity contribution in [1.29, 1.82) is 0 Å². The highest BCUT2D eigenvalue weighted by Gasteiger charge is 2.31. The summed E-state index contributed by atoms with van der Waals surface area (Å²) in [6.45, 7) is 3.05. The summed E-state index contributed by atoms with van der Waals surface area (Å²) >= 11 is 1.71. The number of hydrogen-bond acceptors (Lipinski definition) is 6. The molecule has 0 bridgehead atoms. The van der Waals surface area contributed by atoms with E-state index in [1.165, 1.54) is 6.26 Å². The summed E-state index contributed by atoms with van der Waals surface area (Å²) in [4.78, 5) is 2.05. The van der Waals surface area contributed by atoms with Gasteiger partial charge in [0.25, 0.3) is 0 Å². The Morgan fingerprint density at radius 3 is 2.72 bits per heavy atom. The number of rotatable bonds is 4. The molecule has 18 heavy (non-hydrogen) atoms. The first-order valence-electron chi connectivity index (χ1n) is 6.31. The number of thioether (sulfide) groups is 1. The summed E-state index contributed by atoms with van der Waals surface area (Å²) in [7, 11) is -3.00. The molecule has 2 saturated heterocycles. The minimum absolute atomic E-state index is 0.159. The topological polar surface area (TPSA) is 55.8 Å². The molecule has 0 amide bonds. The van der Waals surface area contributed by atoms with Gasteiger partial charge in [-0.05, 0) is 6.42 Å². The molecule has 0 radical (unpaired) electrons. The first kappa shape index (κ1) is 14.6. The van der Waals surface area contributed by atoms with Gasteiger partial charge in [-0.25, -0.2) is 8.42 Å². The second-order valence-corrected chi connectivity index (χ2v) is 8.06. The maximum atomic E-state index is 11.7. The van der Waals surface area contributed by atoms with E-state index >= 15 is 0 Å². The van der Waals surface area contributed by atoms with E-state index in [2.05, 4.69) is 0 Å². The van der Waals surface area contributed by atoms with E-state index in [9.17, 15) is 8.42 Å². The SMILES string of the molecule is CS(=O)(=O)C1CSCCN1CCC1OCCCO1. The highest BCUT2D eigenvalue weighted by molar-refractivity contribution is 8.00. The van der Waals surface area contributed by atoms with Crippen molar-refractivity contribution < 1.29 is 17.9 Å². The molecule has 106 valence electrons. The van der Waals surface area contributed by atoms with E-state index < -0.39 is 9.84 Å². The van der Waals surface area contributed by atoms with Crippen molar-refractivity contribution in [3.8, 4) is 0 Å². The Bertz CT molecular complexity index is 354. The molecule has 0 aliphatic carbocycles. The minimum Gasteiger partial charge on any atom is -0.353 e. The highest BCUT2D eigenvalue weighted by atomic mass is 32.2. The quantitative estimate of drug-likeness (QED) is 0.755. The van der Waals surface area contributed by atoms with Crippen LogP contribution in [-0.4, -0.2) is 69.0 Å². The van der Waals surface area contributed by atoms with E-state index in [-0.39, 0.29) is 11.7 Å². The van der Waals surface area contributed by atoms with Crippen molar-refractivity contribution in [1.82, 2.24) is 4.90 Å². The zero-order valence-electron chi connectivity index (χ0n) is 10.7. The minimum atomic E-state index is -3.00. The van der Waals surface area contributed by atoms with Crippen molar-refractivity contribution in [2.24, 2.45) is 0 Å². The molecule has 1 atom stereocenters. The molecule has 0 aromatic rings. The molecule has 5 nitrogen and oxygen atoms in total. The van der Waals surface area contributed by atoms with E-state index in [0.29, 0.717) is 5.75 Å². The van der Waals surface area contributed by atoms with Crippen molar-refractivity contribution in [3.63, 3.8) is 0 Å². The van der Waals surface area contributed by atoms with Crippen molar-refractivity contribution in [2.45, 2.75) is 24.5 Å². The Hall–Kier alpha value is 0.180. The maximum absolute atomic E-state index is 11.7. The van der Waals surface area contributed by atoms with Gasteiger partial charge in [-0.1, -0.05) is 0 Å². The summed E-state index contributed by atoms with van der Waals surface area (Å²) < 4.78 is 34.4. The second-order valence-electron chi connectivity index (χ2n) is 4.71. The summed E-state index contributed by atoms with van der Waals surface area (Å²) in [5, 5.41) is -0.347. The number of nitrogens with zero attached hydrogens (tertiary/aromatic N) is 1. The van der Waals surface area contributed by atoms with E-state index in [4.69, 9.17) is 9.47 Å². The van der Waals surface area contributed by atoms with Gasteiger partial charge in [-0.15, -0.1) is 0 Å². The molecule has 0 spiro atoms. The van der Waals surface area contributed by atoms with Crippen LogP contribution in [0.25, 0.3) is 0 Å². The number of sulfone groups is 1. The van der Waals surface area contributed by atoms with Gasteiger partial charge in [0.15, 0.2) is 16.1 Å². The zero-order valence-corrected chi connectivity index (χ0v) is 12.3. The Kier molecular flexibility index (Phi) is 5.32. The summed E-state index contributed by atoms with van der Waals surface area (Å²) in [6, 6.07) is 0. The smallest absolute Gasteiger partial charge is 0.164 e. The predicted octanol–water partition coefficient (Wildman–Crippen LogP) is 0.559. The molecule has 2 fully saturated rings. The van der Waals surface area contributed by atoms with Crippen LogP contribution in [0.15, 0.2) is 0 Å². The summed E-state index contributed by atoms with van der Waals surface area (Å²) in [5.74, 6) is 1.67. The Balaban J connectivity index is 1.85. The van der Waals surface area contributed by atoms with Gasteiger partial charge in [-0.2, -0.15) is 11.8 Å². The van der Waals surface area contributed by atoms with Crippen molar-refractivity contribution in [3.05, 3.63) is 0 Å². The molecule has 0 aromatic carbocycles. The van der Waals surface area contributed by atoms with Gasteiger partial charge in [0.2, 0.25) is 0 Å². The first-order chi connectivity index (χ1) is 8.57. The Morgan fingerprint density at radius 1 is 1.33 bits per heavy atom. The Morgan fingerprint density at radius 2 is 2.06 bits per heavy atom. The maximum Gasteiger partial charge on any atom is 0.164 e. The van der Waals surface area contributed by atoms with Crippen molar-refractivity contribution in [2.75, 3.05) is 44.1 Å². The van der Waals surface area contributed by atoms with Crippen LogP contribution in [0.2, 0.25) is 0 Å². The average molecular weight is 295 g/mol. The van der Waals surface area contributed by atoms with Gasteiger partial charge in [0.1, 0.15) is 5.37 Å². The molecule has 2 aliphatic rings. The average Bonchev–Trinajstić information content (AvgIpc) is 2.37. The van der Waals surface area contributed by atoms with Gasteiger partial charge in [0, 0.05) is 37.3 Å². The van der Waals surface area contributed by atoms with Gasteiger partial charge in [-0.3, -0.25) is 4.90 Å². The predicted molar refractivity (Wildman–Crippen MR) is 72.5 cm³/mol. The van der Waals surface area contributed by atoms with Crippen LogP contribution in [0.3, 0.4) is 0 Å². The normalized spacial score (nSPS) is 28.4. The molecule has 0 aromatic heterocycles. The van der Waals surface area contributed by atoms with E-state index in [1.54, 1.807) is 11.8 Å². The van der Waals surface area contributed by atoms with Crippen LogP contribution in [0.4, 0.5) is 0 Å². The third-order valence-corrected chi connectivity index (χ3v) is 5.92. The van der Waals surface area contributed by atoms with Gasteiger partial charge >= 0.3 is 0 Å². The van der Waals surface area contributed by atoms with Gasteiger partial charge in [0.05, 0.1) is 13.2 Å². The monoisotopic (exact) mass is 295 g/mol. The lowest BCUT2D eigenvalue weighted by Crippen LogP contribution is -2.48. The fourth-order valence-corrected chi connectivity index (χ4v) is 5.21. The van der Waals surface area contributed by atoms with Crippen LogP contribution in [0.1, 0.15) is 12.8 Å². The van der Waals surface area contributed by atoms with Gasteiger partial charge < -0.3 is 9.47 Å². The summed E-state index contributed by atoms with van der Waals surface area (Å²) in [6.07, 6.45) is 2.86. The summed E-state index contributed by atoms with van der Waals surface area (Å²) in [5.41, 5.74) is 0. The zero-order chi connectivity index (χ0) is 13.0. The van der Waals surface area contributed by atoms with Crippen molar-refractivity contribution >= 4 is 21.6 Å². The largest absolute Gasteiger partial charge is 0.353 e. The Labute approximate surface area is 113 Å². The molecular formula is C11H21NO4S2. The number of ether oxygens (including phenoxy) is 2. The lowest BCUT2D eigenvalue weighted by atomic mass is 10.3. The standard InChI is InChI=1S/C11H21NO4S2/c1-18(13,14)10-9-17-8-5-12(10)4-3-11-15-6-2-7-16-11/h10-11H,2-9H2,1H3. The van der Waals surface area contributed by atoms with Crippen LogP contribution in [0, 0.1) is 0 Å².